The predicted octanol–water partition coefficient (Wildman–Crippen LogP) is 5.32. The van der Waals surface area contributed by atoms with E-state index in [0.29, 0.717) is 15.7 Å². The van der Waals surface area contributed by atoms with Crippen LogP contribution in [0.2, 0.25) is 10.0 Å². The molecule has 92 valence electrons. The van der Waals surface area contributed by atoms with E-state index in [2.05, 4.69) is 5.32 Å². The molecule has 1 N–H and O–H groups in total. The van der Waals surface area contributed by atoms with Gasteiger partial charge in [-0.2, -0.15) is 0 Å². The molecule has 1 amide bonds. The highest BCUT2D eigenvalue weighted by molar-refractivity contribution is 8.13. The Balaban J connectivity index is 1.98. The Morgan fingerprint density at radius 1 is 1.00 bits per heavy atom. The molecule has 0 aromatic heterocycles. The average molecular weight is 298 g/mol. The van der Waals surface area contributed by atoms with Gasteiger partial charge in [-0.05, 0) is 54.2 Å². The van der Waals surface area contributed by atoms with Gasteiger partial charge in [0.25, 0.3) is 5.24 Å². The SMILES string of the molecule is O=C(Nc1cccc(Cl)c1)Sc1ccc(Cl)cc1. The summed E-state index contributed by atoms with van der Waals surface area (Å²) in [5.74, 6) is 0. The van der Waals surface area contributed by atoms with Crippen molar-refractivity contribution in [2.45, 2.75) is 4.90 Å². The molecule has 18 heavy (non-hydrogen) atoms. The highest BCUT2D eigenvalue weighted by atomic mass is 35.5. The first kappa shape index (κ1) is 13.3. The van der Waals surface area contributed by atoms with Gasteiger partial charge in [0, 0.05) is 20.6 Å². The van der Waals surface area contributed by atoms with Crippen molar-refractivity contribution in [3.8, 4) is 0 Å². The molecule has 0 unspecified atom stereocenters. The fraction of sp³-hybridized carbons (Fsp3) is 0. The Kier molecular flexibility index (Phi) is 4.53. The fourth-order valence-corrected chi connectivity index (χ4v) is 2.29. The maximum Gasteiger partial charge on any atom is 0.288 e. The first-order valence-electron chi connectivity index (χ1n) is 5.13. The summed E-state index contributed by atoms with van der Waals surface area (Å²) in [6.07, 6.45) is 0. The van der Waals surface area contributed by atoms with Crippen LogP contribution in [0.1, 0.15) is 0 Å². The largest absolute Gasteiger partial charge is 0.317 e. The van der Waals surface area contributed by atoms with Crippen molar-refractivity contribution in [3.05, 3.63) is 58.6 Å². The van der Waals surface area contributed by atoms with E-state index in [-0.39, 0.29) is 5.24 Å². The average Bonchev–Trinajstić information content (AvgIpc) is 2.32. The molecule has 0 saturated heterocycles. The molecule has 2 rings (SSSR count). The molecule has 2 aromatic rings. The summed E-state index contributed by atoms with van der Waals surface area (Å²) in [4.78, 5) is 12.6. The summed E-state index contributed by atoms with van der Waals surface area (Å²) < 4.78 is 0. The molecule has 0 bridgehead atoms. The van der Waals surface area contributed by atoms with E-state index in [0.717, 1.165) is 16.7 Å². The minimum Gasteiger partial charge on any atom is -0.317 e. The van der Waals surface area contributed by atoms with Gasteiger partial charge in [0.15, 0.2) is 0 Å². The number of anilines is 1. The number of benzene rings is 2. The van der Waals surface area contributed by atoms with Crippen LogP contribution in [-0.2, 0) is 0 Å². The molecule has 0 atom stereocenters. The molecule has 2 aromatic carbocycles. The van der Waals surface area contributed by atoms with Crippen LogP contribution in [0, 0.1) is 0 Å². The number of carbonyl (C=O) groups excluding carboxylic acids is 1. The first-order chi connectivity index (χ1) is 8.63. The number of nitrogens with one attached hydrogen (secondary N) is 1. The summed E-state index contributed by atoms with van der Waals surface area (Å²) in [6.45, 7) is 0. The molecule has 0 aliphatic carbocycles. The second kappa shape index (κ2) is 6.14. The predicted molar refractivity (Wildman–Crippen MR) is 77.8 cm³/mol. The monoisotopic (exact) mass is 297 g/mol. The smallest absolute Gasteiger partial charge is 0.288 e. The number of hydrogen-bond acceptors (Lipinski definition) is 2. The van der Waals surface area contributed by atoms with Crippen molar-refractivity contribution in [2.75, 3.05) is 5.32 Å². The third kappa shape index (κ3) is 3.95. The Morgan fingerprint density at radius 3 is 2.39 bits per heavy atom. The van der Waals surface area contributed by atoms with Gasteiger partial charge in [0.1, 0.15) is 0 Å². The van der Waals surface area contributed by atoms with Crippen molar-refractivity contribution in [1.29, 1.82) is 0 Å². The molecule has 5 heteroatoms. The number of thioether (sulfide) groups is 1. The van der Waals surface area contributed by atoms with Crippen LogP contribution in [0.3, 0.4) is 0 Å². The zero-order valence-electron chi connectivity index (χ0n) is 9.19. The zero-order chi connectivity index (χ0) is 13.0. The van der Waals surface area contributed by atoms with Crippen LogP contribution in [0.4, 0.5) is 10.5 Å². The van der Waals surface area contributed by atoms with Crippen LogP contribution in [0.5, 0.6) is 0 Å². The molecule has 0 heterocycles. The maximum absolute atomic E-state index is 11.8. The lowest BCUT2D eigenvalue weighted by atomic mass is 10.3. The summed E-state index contributed by atoms with van der Waals surface area (Å²) >= 11 is 12.7. The van der Waals surface area contributed by atoms with Crippen LogP contribution in [0.25, 0.3) is 0 Å². The van der Waals surface area contributed by atoms with E-state index in [4.69, 9.17) is 23.2 Å². The standard InChI is InChI=1S/C13H9Cl2NOS/c14-9-4-6-12(7-5-9)18-13(17)16-11-3-1-2-10(15)8-11/h1-8H,(H,16,17). The number of carbonyl (C=O) groups is 1. The Bertz CT molecular complexity index is 557. The van der Waals surface area contributed by atoms with Crippen molar-refractivity contribution < 1.29 is 4.79 Å². The molecule has 0 spiro atoms. The number of amides is 1. The summed E-state index contributed by atoms with van der Waals surface area (Å²) in [6, 6.07) is 14.1. The van der Waals surface area contributed by atoms with Gasteiger partial charge < -0.3 is 5.32 Å². The molecule has 0 saturated carbocycles. The maximum atomic E-state index is 11.8. The van der Waals surface area contributed by atoms with E-state index in [1.54, 1.807) is 48.5 Å². The minimum absolute atomic E-state index is 0.167. The quantitative estimate of drug-likeness (QED) is 0.760. The van der Waals surface area contributed by atoms with Gasteiger partial charge >= 0.3 is 0 Å². The van der Waals surface area contributed by atoms with Crippen LogP contribution >= 0.6 is 35.0 Å². The van der Waals surface area contributed by atoms with Crippen LogP contribution < -0.4 is 5.32 Å². The van der Waals surface area contributed by atoms with E-state index in [1.807, 2.05) is 0 Å². The highest BCUT2D eigenvalue weighted by Crippen LogP contribution is 2.23. The number of halogens is 2. The third-order valence-corrected chi connectivity index (χ3v) is 3.38. The van der Waals surface area contributed by atoms with Crippen LogP contribution in [0.15, 0.2) is 53.4 Å². The van der Waals surface area contributed by atoms with Gasteiger partial charge in [-0.15, -0.1) is 0 Å². The second-order valence-electron chi connectivity index (χ2n) is 3.48. The molecule has 0 fully saturated rings. The second-order valence-corrected chi connectivity index (χ2v) is 5.40. The number of rotatable bonds is 2. The molecule has 0 aliphatic heterocycles. The molecule has 0 aliphatic rings. The van der Waals surface area contributed by atoms with E-state index in [9.17, 15) is 4.79 Å². The molecular weight excluding hydrogens is 289 g/mol. The Labute approximate surface area is 119 Å². The van der Waals surface area contributed by atoms with Crippen molar-refractivity contribution in [1.82, 2.24) is 0 Å². The lowest BCUT2D eigenvalue weighted by Crippen LogP contribution is -2.04. The molecular formula is C13H9Cl2NOS. The van der Waals surface area contributed by atoms with Crippen molar-refractivity contribution >= 4 is 45.9 Å². The summed E-state index contributed by atoms with van der Waals surface area (Å²) in [7, 11) is 0. The zero-order valence-corrected chi connectivity index (χ0v) is 11.5. The van der Waals surface area contributed by atoms with Gasteiger partial charge in [-0.3, -0.25) is 4.79 Å². The van der Waals surface area contributed by atoms with E-state index < -0.39 is 0 Å². The summed E-state index contributed by atoms with van der Waals surface area (Å²) in [5, 5.41) is 3.82. The normalized spacial score (nSPS) is 10.1. The molecule has 0 radical (unpaired) electrons. The number of hydrogen-bond donors (Lipinski definition) is 1. The van der Waals surface area contributed by atoms with E-state index in [1.165, 1.54) is 0 Å². The third-order valence-electron chi connectivity index (χ3n) is 2.10. The highest BCUT2D eigenvalue weighted by Gasteiger charge is 2.05. The topological polar surface area (TPSA) is 29.1 Å². The van der Waals surface area contributed by atoms with Crippen LogP contribution in [-0.4, -0.2) is 5.24 Å². The Hall–Kier alpha value is -1.16. The van der Waals surface area contributed by atoms with Crippen molar-refractivity contribution in [2.24, 2.45) is 0 Å². The first-order valence-corrected chi connectivity index (χ1v) is 6.71. The van der Waals surface area contributed by atoms with E-state index >= 15 is 0 Å². The lowest BCUT2D eigenvalue weighted by Gasteiger charge is -2.05. The van der Waals surface area contributed by atoms with Gasteiger partial charge in [-0.25, -0.2) is 0 Å². The molecule has 2 nitrogen and oxygen atoms in total. The lowest BCUT2D eigenvalue weighted by molar-refractivity contribution is 0.270. The fourth-order valence-electron chi connectivity index (χ4n) is 1.32. The van der Waals surface area contributed by atoms with Gasteiger partial charge in [-0.1, -0.05) is 29.3 Å². The minimum atomic E-state index is -0.167. The van der Waals surface area contributed by atoms with Gasteiger partial charge in [0.2, 0.25) is 0 Å². The Morgan fingerprint density at radius 2 is 1.72 bits per heavy atom. The van der Waals surface area contributed by atoms with Gasteiger partial charge in [0.05, 0.1) is 0 Å². The summed E-state index contributed by atoms with van der Waals surface area (Å²) in [5.41, 5.74) is 0.675. The van der Waals surface area contributed by atoms with Crippen molar-refractivity contribution in [3.63, 3.8) is 0 Å².